The van der Waals surface area contributed by atoms with Gasteiger partial charge in [-0.2, -0.15) is 0 Å². The minimum Gasteiger partial charge on any atom is -0.147 e. The monoisotopic (exact) mass is 219 g/mol. The Kier molecular flexibility index (Phi) is 4.00. The summed E-state index contributed by atoms with van der Waals surface area (Å²) in [7, 11) is 0. The first kappa shape index (κ1) is 9.65. The summed E-state index contributed by atoms with van der Waals surface area (Å²) in [6, 6.07) is 0. The molecule has 0 saturated carbocycles. The minimum absolute atomic E-state index is 0. The molecule has 1 aliphatic rings. The van der Waals surface area contributed by atoms with Crippen molar-refractivity contribution in [1.82, 2.24) is 0 Å². The van der Waals surface area contributed by atoms with Crippen LogP contribution in [0.3, 0.4) is 0 Å². The molecule has 0 nitrogen and oxygen atoms in total. The van der Waals surface area contributed by atoms with E-state index in [9.17, 15) is 0 Å². The van der Waals surface area contributed by atoms with Crippen LogP contribution in [0.5, 0.6) is 0 Å². The number of rotatable bonds is 0. The van der Waals surface area contributed by atoms with Gasteiger partial charge in [-0.15, -0.1) is 12.4 Å². The Balaban J connectivity index is 0.000000640. The Hall–Kier alpha value is 0.653. The average molecular weight is 221 g/mol. The summed E-state index contributed by atoms with van der Waals surface area (Å²) in [5, 5.41) is 0. The van der Waals surface area contributed by atoms with Gasteiger partial charge in [0.2, 0.25) is 0 Å². The van der Waals surface area contributed by atoms with Gasteiger partial charge in [0.1, 0.15) is 0 Å². The molecule has 1 aliphatic carbocycles. The van der Waals surface area contributed by atoms with Gasteiger partial charge >= 0.3 is 65.5 Å². The molecule has 0 fully saturated rings. The van der Waals surface area contributed by atoms with Crippen molar-refractivity contribution < 1.29 is 24.7 Å². The van der Waals surface area contributed by atoms with Crippen molar-refractivity contribution >= 4 is 12.4 Å². The first-order chi connectivity index (χ1) is 3.72. The second kappa shape index (κ2) is 3.73. The molecule has 0 spiro atoms. The zero-order chi connectivity index (χ0) is 6.15. The molecule has 0 radical (unpaired) electrons. The molecule has 0 atom stereocenters. The van der Waals surface area contributed by atoms with E-state index in [4.69, 9.17) is 0 Å². The van der Waals surface area contributed by atoms with E-state index in [0.717, 1.165) is 0 Å². The molecule has 0 aromatic heterocycles. The SMILES string of the molecule is CC1=CC[C]([Zr])=C1C.Cl. The van der Waals surface area contributed by atoms with Gasteiger partial charge in [-0.3, -0.25) is 0 Å². The summed E-state index contributed by atoms with van der Waals surface area (Å²) in [6.07, 6.45) is 3.52. The predicted molar refractivity (Wildman–Crippen MR) is 38.3 cm³/mol. The molecular formula is C7H10ClZr. The van der Waals surface area contributed by atoms with Crippen molar-refractivity contribution in [2.45, 2.75) is 20.3 Å². The van der Waals surface area contributed by atoms with Crippen molar-refractivity contribution in [2.24, 2.45) is 0 Å². The number of hydrogen-bond acceptors (Lipinski definition) is 0. The van der Waals surface area contributed by atoms with Crippen molar-refractivity contribution in [3.05, 3.63) is 20.5 Å². The van der Waals surface area contributed by atoms with Crippen molar-refractivity contribution in [3.63, 3.8) is 0 Å². The van der Waals surface area contributed by atoms with E-state index in [-0.39, 0.29) is 12.4 Å². The van der Waals surface area contributed by atoms with Crippen LogP contribution in [0.1, 0.15) is 20.3 Å². The summed E-state index contributed by atoms with van der Waals surface area (Å²) in [5.41, 5.74) is 3.01. The van der Waals surface area contributed by atoms with Crippen LogP contribution in [0.25, 0.3) is 0 Å². The van der Waals surface area contributed by atoms with Crippen LogP contribution >= 0.6 is 12.4 Å². The molecule has 9 heavy (non-hydrogen) atoms. The summed E-state index contributed by atoms with van der Waals surface area (Å²) in [6.45, 7) is 4.40. The third kappa shape index (κ3) is 2.05. The zero-order valence-electron chi connectivity index (χ0n) is 5.69. The Labute approximate surface area is 77.7 Å². The van der Waals surface area contributed by atoms with Crippen LogP contribution in [0, 0.1) is 0 Å². The fourth-order valence-electron chi connectivity index (χ4n) is 0.799. The number of halogens is 1. The zero-order valence-corrected chi connectivity index (χ0v) is 8.97. The normalized spacial score (nSPS) is 17.2. The van der Waals surface area contributed by atoms with Crippen LogP contribution in [0.2, 0.25) is 0 Å². The van der Waals surface area contributed by atoms with Gasteiger partial charge < -0.3 is 0 Å². The predicted octanol–water partition coefficient (Wildman–Crippen LogP) is 2.58. The topological polar surface area (TPSA) is 0 Å². The summed E-state index contributed by atoms with van der Waals surface area (Å²) in [4.78, 5) is 0. The van der Waals surface area contributed by atoms with Gasteiger partial charge in [0, 0.05) is 0 Å². The molecule has 0 N–H and O–H groups in total. The standard InChI is InChI=1S/C7H9.ClH.Zr/c1-6-4-3-5-7(6)2;;/h4H,3H2,1-2H3;1H;. The molecule has 0 unspecified atom stereocenters. The molecule has 0 aliphatic heterocycles. The molecule has 0 aromatic carbocycles. The molecule has 0 saturated heterocycles. The number of allylic oxidation sites excluding steroid dienone is 4. The van der Waals surface area contributed by atoms with Crippen molar-refractivity contribution in [1.29, 1.82) is 0 Å². The van der Waals surface area contributed by atoms with Crippen LogP contribution < -0.4 is 0 Å². The summed E-state index contributed by atoms with van der Waals surface area (Å²) >= 11 is 1.58. The summed E-state index contributed by atoms with van der Waals surface area (Å²) < 4.78 is 1.62. The number of hydrogen-bond donors (Lipinski definition) is 0. The third-order valence-electron chi connectivity index (χ3n) is 1.66. The third-order valence-corrected chi connectivity index (χ3v) is 3.08. The molecule has 1 rings (SSSR count). The maximum absolute atomic E-state index is 2.30. The molecule has 0 bridgehead atoms. The van der Waals surface area contributed by atoms with Crippen LogP contribution in [-0.4, -0.2) is 0 Å². The Morgan fingerprint density at radius 3 is 2.11 bits per heavy atom. The van der Waals surface area contributed by atoms with E-state index in [2.05, 4.69) is 19.9 Å². The smallest absolute Gasteiger partial charge is 0.147 e. The summed E-state index contributed by atoms with van der Waals surface area (Å²) in [5.74, 6) is 0. The maximum atomic E-state index is 2.30. The van der Waals surface area contributed by atoms with E-state index < -0.39 is 0 Å². The fourth-order valence-corrected chi connectivity index (χ4v) is 1.53. The second-order valence-electron chi connectivity index (χ2n) is 2.19. The Morgan fingerprint density at radius 2 is 2.00 bits per heavy atom. The largest absolute Gasteiger partial charge is 0.147 e. The molecule has 0 amide bonds. The van der Waals surface area contributed by atoms with Gasteiger partial charge in [0.05, 0.1) is 0 Å². The minimum atomic E-state index is 0. The molecule has 0 heterocycles. The molecule has 0 aromatic rings. The molecule has 2 heteroatoms. The van der Waals surface area contributed by atoms with E-state index in [0.29, 0.717) is 0 Å². The molecule has 49 valence electrons. The van der Waals surface area contributed by atoms with E-state index in [1.807, 2.05) is 0 Å². The quantitative estimate of drug-likeness (QED) is 0.589. The van der Waals surface area contributed by atoms with Crippen molar-refractivity contribution in [2.75, 3.05) is 0 Å². The maximum Gasteiger partial charge on any atom is -0.147 e. The van der Waals surface area contributed by atoms with Gasteiger partial charge in [-0.25, -0.2) is 0 Å². The van der Waals surface area contributed by atoms with Crippen LogP contribution in [0.15, 0.2) is 20.5 Å². The van der Waals surface area contributed by atoms with Crippen LogP contribution in [-0.2, 0) is 24.7 Å². The van der Waals surface area contributed by atoms with E-state index >= 15 is 0 Å². The Bertz CT molecular complexity index is 162. The fraction of sp³-hybridized carbons (Fsp3) is 0.429. The van der Waals surface area contributed by atoms with Crippen LogP contribution in [0.4, 0.5) is 0 Å². The van der Waals surface area contributed by atoms with Crippen molar-refractivity contribution in [3.8, 4) is 0 Å². The molecular weight excluding hydrogens is 211 g/mol. The first-order valence-corrected chi connectivity index (χ1v) is 4.03. The van der Waals surface area contributed by atoms with E-state index in [1.165, 1.54) is 17.6 Å². The van der Waals surface area contributed by atoms with Gasteiger partial charge in [0.25, 0.3) is 0 Å². The average Bonchev–Trinajstić information content (AvgIpc) is 1.98. The van der Waals surface area contributed by atoms with Gasteiger partial charge in [0.15, 0.2) is 0 Å². The van der Waals surface area contributed by atoms with Gasteiger partial charge in [-0.05, 0) is 0 Å². The van der Waals surface area contributed by atoms with Gasteiger partial charge in [-0.1, -0.05) is 0 Å². The Morgan fingerprint density at radius 1 is 1.44 bits per heavy atom. The van der Waals surface area contributed by atoms with E-state index in [1.54, 1.807) is 28.0 Å². The first-order valence-electron chi connectivity index (χ1n) is 2.80. The second-order valence-corrected chi connectivity index (χ2v) is 3.68.